The van der Waals surface area contributed by atoms with Crippen molar-refractivity contribution < 1.29 is 172 Å². The van der Waals surface area contributed by atoms with Crippen LogP contribution in [0, 0.1) is 0 Å². The number of nitrogens with zero attached hydrogens (tertiary/aromatic N) is 3. The van der Waals surface area contributed by atoms with Crippen LogP contribution in [0.1, 0.15) is 121 Å². The van der Waals surface area contributed by atoms with Gasteiger partial charge in [-0.25, -0.2) is 0 Å². The SMILES string of the molecule is COCCOCCOCCOc1cc(COc2cc(COC(=O)CN(CCN(CCN(CC(=O)O)CC(=O)O)CC(=O)O)CC(=O)O)cc(OCc3cc(OCCOCCOCCOC(C)(C)C)c(OCCOCCOCCOC(C)(C)C)c(OCCOCCOCCOC(C)(C)C)c3)c2)cc(OCCOCCOCCOC(C)(C)C)c1OCCOCCOCCOC(C)(C)C. The Bertz CT molecular complexity index is 3420. The van der Waals surface area contributed by atoms with Crippen molar-refractivity contribution in [2.75, 3.05) is 304 Å². The minimum Gasteiger partial charge on any atom is -0.489 e. The van der Waals surface area contributed by atoms with Crippen LogP contribution in [0.25, 0.3) is 0 Å². The second-order valence-corrected chi connectivity index (χ2v) is 34.4. The highest BCUT2D eigenvalue weighted by Gasteiger charge is 2.25. The minimum atomic E-state index is -1.31. The van der Waals surface area contributed by atoms with Gasteiger partial charge in [-0.15, -0.1) is 0 Å². The third kappa shape index (κ3) is 67.4. The topological polar surface area (TPSA) is 425 Å². The fourth-order valence-electron chi connectivity index (χ4n) is 11.1. The van der Waals surface area contributed by atoms with Crippen molar-refractivity contribution in [1.29, 1.82) is 0 Å². The summed E-state index contributed by atoms with van der Waals surface area (Å²) in [7, 11) is 1.59. The number of rotatable bonds is 84. The molecule has 0 amide bonds. The highest BCUT2D eigenvalue weighted by molar-refractivity contribution is 5.74. The molecule has 39 nitrogen and oxygen atoms in total. The van der Waals surface area contributed by atoms with Crippen molar-refractivity contribution in [1.82, 2.24) is 14.7 Å². The zero-order chi connectivity index (χ0) is 96.5. The first-order valence-electron chi connectivity index (χ1n) is 44.7. The molecule has 0 aromatic heterocycles. The molecule has 0 heterocycles. The van der Waals surface area contributed by atoms with E-state index in [2.05, 4.69) is 0 Å². The second-order valence-electron chi connectivity index (χ2n) is 34.4. The molecule has 0 bridgehead atoms. The normalized spacial score (nSPS) is 12.2. The molecule has 0 saturated carbocycles. The Labute approximate surface area is 774 Å². The maximum absolute atomic E-state index is 14.1. The Hall–Kier alpha value is -7.43. The summed E-state index contributed by atoms with van der Waals surface area (Å²) in [6.07, 6.45) is 0. The molecule has 39 heteroatoms. The number of carbonyl (C=O) groups excluding carboxylic acids is 1. The van der Waals surface area contributed by atoms with Gasteiger partial charge in [-0.05, 0) is 157 Å². The number of carboxylic acid groups (broad SMARTS) is 4. The number of methoxy groups -OCH3 is 1. The summed E-state index contributed by atoms with van der Waals surface area (Å²) in [4.78, 5) is 65.3. The van der Waals surface area contributed by atoms with Gasteiger partial charge in [0.25, 0.3) is 0 Å². The van der Waals surface area contributed by atoms with Gasteiger partial charge in [0.1, 0.15) is 71.0 Å². The maximum atomic E-state index is 14.1. The molecule has 4 N–H and O–H groups in total. The molecule has 0 aliphatic heterocycles. The van der Waals surface area contributed by atoms with Gasteiger partial charge in [-0.3, -0.25) is 38.7 Å². The molecule has 0 saturated heterocycles. The lowest BCUT2D eigenvalue weighted by molar-refractivity contribution is -0.148. The van der Waals surface area contributed by atoms with Gasteiger partial charge in [0.05, 0.1) is 259 Å². The standard InChI is InChI=1S/C92H155N3O36/c1-88(2,3)127-52-41-113-30-25-108-36-47-119-78-60-73(59-77(118-46-35-107-24-23-106-22-21-105-16)86(78)122-50-39-111-28-33-116-44-55-130-91(10,11)12)69-124-75-57-72(71-126-85(104)68-95(67-84(102)103)20-18-93(64-81(96)97)17-19-94(65-82(98)99)66-83(100)101)58-76(63-75)125-70-74-61-79(120-48-37-109-26-31-114-42-53-128-89(4,5)6)87(123-51-40-112-29-34-117-45-56-131-92(13,14)15)80(62-74)121-49-38-110-27-32-115-43-54-129-90(7,8)9/h57-63H,17-56,64-71H2,1-16H3,(H,96,97)(H,98,99)(H,100,101)(H,102,103). The van der Waals surface area contributed by atoms with E-state index >= 15 is 0 Å². The predicted molar refractivity (Wildman–Crippen MR) is 481 cm³/mol. The van der Waals surface area contributed by atoms with Crippen LogP contribution in [0.2, 0.25) is 0 Å². The molecule has 0 atom stereocenters. The van der Waals surface area contributed by atoms with E-state index in [1.165, 1.54) is 9.80 Å². The number of esters is 1. The summed E-state index contributed by atoms with van der Waals surface area (Å²) >= 11 is 0. The number of carboxylic acids is 4. The van der Waals surface area contributed by atoms with Crippen molar-refractivity contribution >= 4 is 29.8 Å². The van der Waals surface area contributed by atoms with Gasteiger partial charge in [0.15, 0.2) is 23.0 Å². The monoisotopic (exact) mass is 1880 g/mol. The number of carbonyl (C=O) groups is 5. The van der Waals surface area contributed by atoms with Gasteiger partial charge in [0, 0.05) is 39.4 Å². The molecule has 3 rings (SSSR count). The van der Waals surface area contributed by atoms with Gasteiger partial charge >= 0.3 is 29.8 Å². The van der Waals surface area contributed by atoms with Crippen LogP contribution >= 0.6 is 0 Å². The predicted octanol–water partition coefficient (Wildman–Crippen LogP) is 8.33. The van der Waals surface area contributed by atoms with Crippen LogP contribution in [0.15, 0.2) is 42.5 Å². The Kier molecular flexibility index (Phi) is 62.4. The number of ether oxygens (including phenoxy) is 27. The van der Waals surface area contributed by atoms with Crippen molar-refractivity contribution in [2.24, 2.45) is 0 Å². The fourth-order valence-corrected chi connectivity index (χ4v) is 11.1. The summed E-state index contributed by atoms with van der Waals surface area (Å²) in [5.74, 6) is -4.04. The summed E-state index contributed by atoms with van der Waals surface area (Å²) in [6.45, 7) is 34.9. The van der Waals surface area contributed by atoms with Crippen LogP contribution in [0.5, 0.6) is 46.0 Å². The molecule has 0 fully saturated rings. The van der Waals surface area contributed by atoms with Gasteiger partial charge in [-0.1, -0.05) is 0 Å². The number of hydrogen-bond donors (Lipinski definition) is 4. The van der Waals surface area contributed by atoms with Crippen LogP contribution in [0.4, 0.5) is 0 Å². The lowest BCUT2D eigenvalue weighted by Gasteiger charge is -2.27. The van der Waals surface area contributed by atoms with Crippen molar-refractivity contribution in [3.63, 3.8) is 0 Å². The molecular formula is C92H155N3O36. The minimum absolute atomic E-state index is 0.0605. The van der Waals surface area contributed by atoms with E-state index in [9.17, 15) is 44.4 Å². The molecule has 0 aliphatic carbocycles. The molecule has 3 aromatic carbocycles. The van der Waals surface area contributed by atoms with E-state index in [1.807, 2.05) is 104 Å². The third-order valence-electron chi connectivity index (χ3n) is 16.9. The van der Waals surface area contributed by atoms with E-state index in [-0.39, 0.29) is 232 Å². The van der Waals surface area contributed by atoms with Crippen LogP contribution in [-0.4, -0.2) is 397 Å². The molecule has 131 heavy (non-hydrogen) atoms. The van der Waals surface area contributed by atoms with Gasteiger partial charge < -0.3 is 148 Å². The Balaban J connectivity index is 2.22. The molecule has 3 aromatic rings. The van der Waals surface area contributed by atoms with Crippen molar-refractivity contribution in [3.8, 4) is 46.0 Å². The van der Waals surface area contributed by atoms with E-state index < -0.39 is 69.2 Å². The highest BCUT2D eigenvalue weighted by atomic mass is 16.6. The highest BCUT2D eigenvalue weighted by Crippen LogP contribution is 2.42. The van der Waals surface area contributed by atoms with Crippen LogP contribution < -0.4 is 37.9 Å². The number of aliphatic carboxylic acids is 4. The summed E-state index contributed by atoms with van der Waals surface area (Å²) in [5.41, 5.74) is -0.136. The molecule has 0 radical (unpaired) electrons. The molecule has 0 spiro atoms. The first-order valence-corrected chi connectivity index (χ1v) is 44.7. The fraction of sp³-hybridized carbons (Fsp3) is 0.750. The Morgan fingerprint density at radius 1 is 0.244 bits per heavy atom. The van der Waals surface area contributed by atoms with Crippen molar-refractivity contribution in [3.05, 3.63) is 59.2 Å². The Morgan fingerprint density at radius 2 is 0.458 bits per heavy atom. The Morgan fingerprint density at radius 3 is 0.710 bits per heavy atom. The third-order valence-corrected chi connectivity index (χ3v) is 16.9. The first-order chi connectivity index (χ1) is 62.3. The molecule has 0 aliphatic rings. The number of hydrogen-bond acceptors (Lipinski definition) is 35. The largest absolute Gasteiger partial charge is 0.489 e. The lowest BCUT2D eigenvalue weighted by Crippen LogP contribution is -2.45. The van der Waals surface area contributed by atoms with Gasteiger partial charge in [0.2, 0.25) is 11.5 Å². The van der Waals surface area contributed by atoms with Crippen LogP contribution in [0.3, 0.4) is 0 Å². The second kappa shape index (κ2) is 69.4. The molecular weight excluding hydrogens is 1720 g/mol. The van der Waals surface area contributed by atoms with E-state index in [0.717, 1.165) is 4.90 Å². The molecule has 754 valence electrons. The average molecular weight is 1880 g/mol. The average Bonchev–Trinajstić information content (AvgIpc) is 0.823. The van der Waals surface area contributed by atoms with E-state index in [4.69, 9.17) is 128 Å². The molecule has 0 unspecified atom stereocenters. The van der Waals surface area contributed by atoms with E-state index in [1.54, 1.807) is 49.6 Å². The van der Waals surface area contributed by atoms with Gasteiger partial charge in [-0.2, -0.15) is 0 Å². The summed E-state index contributed by atoms with van der Waals surface area (Å²) in [5, 5.41) is 38.8. The van der Waals surface area contributed by atoms with E-state index in [0.29, 0.717) is 136 Å². The lowest BCUT2D eigenvalue weighted by atomic mass is 10.1. The van der Waals surface area contributed by atoms with Crippen molar-refractivity contribution in [2.45, 2.75) is 152 Å². The summed E-state index contributed by atoms with van der Waals surface area (Å²) < 4.78 is 162. The zero-order valence-electron chi connectivity index (χ0n) is 80.7. The zero-order valence-corrected chi connectivity index (χ0v) is 80.7. The summed E-state index contributed by atoms with van der Waals surface area (Å²) in [6, 6.07) is 11.8. The maximum Gasteiger partial charge on any atom is 0.320 e. The quantitative estimate of drug-likeness (QED) is 0.0304. The van der Waals surface area contributed by atoms with Crippen LogP contribution in [-0.2, 0) is 134 Å². The first kappa shape index (κ1) is 118. The smallest absolute Gasteiger partial charge is 0.320 e. The number of benzene rings is 3.